The predicted molar refractivity (Wildman–Crippen MR) is 68.3 cm³/mol. The van der Waals surface area contributed by atoms with Crippen molar-refractivity contribution >= 4 is 15.9 Å². The molecule has 0 unspecified atom stereocenters. The summed E-state index contributed by atoms with van der Waals surface area (Å²) in [5.41, 5.74) is 1.18. The van der Waals surface area contributed by atoms with Gasteiger partial charge in [0.15, 0.2) is 0 Å². The molecule has 0 bridgehead atoms. The van der Waals surface area contributed by atoms with E-state index in [2.05, 4.69) is 40.2 Å². The molecular weight excluding hydrogens is 270 g/mol. The number of rotatable bonds is 7. The van der Waals surface area contributed by atoms with E-state index in [-0.39, 0.29) is 0 Å². The molecule has 0 spiro atoms. The summed E-state index contributed by atoms with van der Waals surface area (Å²) in [5.74, 6) is 0.661. The third-order valence-electron chi connectivity index (χ3n) is 2.25. The first-order valence-electron chi connectivity index (χ1n) is 5.55. The number of ether oxygens (including phenoxy) is 1. The number of hydrogen-bond acceptors (Lipinski definition) is 3. The summed E-state index contributed by atoms with van der Waals surface area (Å²) in [5, 5.41) is 7.71. The van der Waals surface area contributed by atoms with Crippen LogP contribution in [0.15, 0.2) is 10.7 Å². The van der Waals surface area contributed by atoms with Crippen molar-refractivity contribution in [2.45, 2.75) is 26.9 Å². The zero-order valence-corrected chi connectivity index (χ0v) is 11.7. The smallest absolute Gasteiger partial charge is 0.0665 e. The molecule has 0 aromatic carbocycles. The van der Waals surface area contributed by atoms with Crippen LogP contribution in [0.3, 0.4) is 0 Å². The van der Waals surface area contributed by atoms with Gasteiger partial charge < -0.3 is 10.1 Å². The lowest BCUT2D eigenvalue weighted by atomic mass is 10.2. The molecule has 0 aliphatic rings. The van der Waals surface area contributed by atoms with Crippen molar-refractivity contribution in [3.63, 3.8) is 0 Å². The second-order valence-corrected chi connectivity index (χ2v) is 5.03. The van der Waals surface area contributed by atoms with Gasteiger partial charge in [-0.05, 0) is 28.4 Å². The van der Waals surface area contributed by atoms with Gasteiger partial charge in [0, 0.05) is 13.7 Å². The van der Waals surface area contributed by atoms with Crippen LogP contribution in [0.1, 0.15) is 19.5 Å². The van der Waals surface area contributed by atoms with Crippen molar-refractivity contribution in [2.75, 3.05) is 20.3 Å². The van der Waals surface area contributed by atoms with E-state index < -0.39 is 0 Å². The molecular formula is C11H20BrN3O. The summed E-state index contributed by atoms with van der Waals surface area (Å²) in [6, 6.07) is 0. The number of nitrogens with zero attached hydrogens (tertiary/aromatic N) is 2. The Labute approximate surface area is 105 Å². The van der Waals surface area contributed by atoms with Gasteiger partial charge in [-0.3, -0.25) is 4.68 Å². The van der Waals surface area contributed by atoms with Crippen LogP contribution in [0.2, 0.25) is 0 Å². The van der Waals surface area contributed by atoms with Crippen LogP contribution in [-0.2, 0) is 17.8 Å². The summed E-state index contributed by atoms with van der Waals surface area (Å²) in [6.07, 6.45) is 1.84. The number of aromatic nitrogens is 2. The Balaban J connectivity index is 2.52. The van der Waals surface area contributed by atoms with Crippen LogP contribution in [0, 0.1) is 5.92 Å². The molecule has 0 radical (unpaired) electrons. The summed E-state index contributed by atoms with van der Waals surface area (Å²) in [4.78, 5) is 0. The quantitative estimate of drug-likeness (QED) is 0.835. The van der Waals surface area contributed by atoms with Gasteiger partial charge in [-0.2, -0.15) is 5.10 Å². The number of methoxy groups -OCH3 is 1. The molecule has 1 N–H and O–H groups in total. The highest BCUT2D eigenvalue weighted by molar-refractivity contribution is 9.10. The molecule has 0 amide bonds. The van der Waals surface area contributed by atoms with Gasteiger partial charge in [0.2, 0.25) is 0 Å². The highest BCUT2D eigenvalue weighted by Gasteiger charge is 2.08. The van der Waals surface area contributed by atoms with E-state index in [1.165, 1.54) is 5.69 Å². The minimum Gasteiger partial charge on any atom is -0.383 e. The normalized spacial score (nSPS) is 11.3. The molecule has 1 aromatic heterocycles. The van der Waals surface area contributed by atoms with Gasteiger partial charge >= 0.3 is 0 Å². The van der Waals surface area contributed by atoms with Crippen LogP contribution >= 0.6 is 15.9 Å². The lowest BCUT2D eigenvalue weighted by molar-refractivity contribution is 0.182. The highest BCUT2D eigenvalue weighted by Crippen LogP contribution is 2.15. The molecule has 92 valence electrons. The molecule has 5 heteroatoms. The van der Waals surface area contributed by atoms with E-state index in [9.17, 15) is 0 Å². The van der Waals surface area contributed by atoms with Gasteiger partial charge in [-0.15, -0.1) is 0 Å². The average molecular weight is 290 g/mol. The number of hydrogen-bond donors (Lipinski definition) is 1. The third kappa shape index (κ3) is 4.23. The van der Waals surface area contributed by atoms with Gasteiger partial charge in [0.25, 0.3) is 0 Å². The maximum absolute atomic E-state index is 5.06. The molecule has 0 saturated heterocycles. The zero-order valence-electron chi connectivity index (χ0n) is 10.2. The molecule has 4 nitrogen and oxygen atoms in total. The average Bonchev–Trinajstić information content (AvgIpc) is 2.57. The molecule has 0 saturated carbocycles. The van der Waals surface area contributed by atoms with E-state index in [0.717, 1.165) is 24.1 Å². The van der Waals surface area contributed by atoms with Crippen molar-refractivity contribution < 1.29 is 4.74 Å². The van der Waals surface area contributed by atoms with Crippen molar-refractivity contribution in [3.05, 3.63) is 16.4 Å². The van der Waals surface area contributed by atoms with E-state index in [1.54, 1.807) is 7.11 Å². The first kappa shape index (κ1) is 13.7. The summed E-state index contributed by atoms with van der Waals surface area (Å²) >= 11 is 3.51. The van der Waals surface area contributed by atoms with Gasteiger partial charge in [-0.1, -0.05) is 13.8 Å². The monoisotopic (exact) mass is 289 g/mol. The fourth-order valence-electron chi connectivity index (χ4n) is 1.41. The van der Waals surface area contributed by atoms with Gasteiger partial charge in [-0.25, -0.2) is 0 Å². The van der Waals surface area contributed by atoms with E-state index in [0.29, 0.717) is 12.5 Å². The zero-order chi connectivity index (χ0) is 12.0. The van der Waals surface area contributed by atoms with Crippen LogP contribution < -0.4 is 5.32 Å². The second kappa shape index (κ2) is 7.04. The molecule has 1 aromatic rings. The van der Waals surface area contributed by atoms with Crippen LogP contribution in [0.4, 0.5) is 0 Å². The minimum atomic E-state index is 0.661. The lowest BCUT2D eigenvalue weighted by Gasteiger charge is -2.10. The van der Waals surface area contributed by atoms with Crippen LogP contribution in [0.25, 0.3) is 0 Å². The Morgan fingerprint density at radius 2 is 2.31 bits per heavy atom. The van der Waals surface area contributed by atoms with Crippen LogP contribution in [-0.4, -0.2) is 30.0 Å². The van der Waals surface area contributed by atoms with E-state index >= 15 is 0 Å². The third-order valence-corrected chi connectivity index (χ3v) is 2.91. The topological polar surface area (TPSA) is 39.1 Å². The molecule has 0 atom stereocenters. The van der Waals surface area contributed by atoms with Gasteiger partial charge in [0.1, 0.15) is 0 Å². The Morgan fingerprint density at radius 3 is 2.94 bits per heavy atom. The molecule has 1 rings (SSSR count). The Morgan fingerprint density at radius 1 is 1.56 bits per heavy atom. The Kier molecular flexibility index (Phi) is 6.01. The predicted octanol–water partition coefficient (Wildman–Crippen LogP) is 2.04. The van der Waals surface area contributed by atoms with Crippen LogP contribution in [0.5, 0.6) is 0 Å². The van der Waals surface area contributed by atoms with Crippen molar-refractivity contribution in [2.24, 2.45) is 5.92 Å². The summed E-state index contributed by atoms with van der Waals surface area (Å²) in [7, 11) is 1.70. The van der Waals surface area contributed by atoms with Crippen molar-refractivity contribution in [3.8, 4) is 0 Å². The SMILES string of the molecule is COCCn1ncc(Br)c1CNCC(C)C. The molecule has 1 heterocycles. The molecule has 0 aliphatic heterocycles. The Hall–Kier alpha value is -0.390. The fraction of sp³-hybridized carbons (Fsp3) is 0.727. The standard InChI is InChI=1S/C11H20BrN3O/c1-9(2)6-13-8-11-10(12)7-14-15(11)4-5-16-3/h7,9,13H,4-6,8H2,1-3H3. The molecule has 0 fully saturated rings. The fourth-order valence-corrected chi connectivity index (χ4v) is 1.85. The maximum Gasteiger partial charge on any atom is 0.0665 e. The molecule has 16 heavy (non-hydrogen) atoms. The lowest BCUT2D eigenvalue weighted by Crippen LogP contribution is -2.22. The number of nitrogens with one attached hydrogen (secondary N) is 1. The largest absolute Gasteiger partial charge is 0.383 e. The minimum absolute atomic E-state index is 0.661. The summed E-state index contributed by atoms with van der Waals surface area (Å²) in [6.45, 7) is 7.73. The van der Waals surface area contributed by atoms with Gasteiger partial charge in [0.05, 0.1) is 29.5 Å². The molecule has 0 aliphatic carbocycles. The first-order chi connectivity index (χ1) is 7.65. The van der Waals surface area contributed by atoms with E-state index in [1.807, 2.05) is 10.9 Å². The maximum atomic E-state index is 5.06. The summed E-state index contributed by atoms with van der Waals surface area (Å²) < 4.78 is 8.08. The first-order valence-corrected chi connectivity index (χ1v) is 6.34. The van der Waals surface area contributed by atoms with Crippen molar-refractivity contribution in [1.82, 2.24) is 15.1 Å². The second-order valence-electron chi connectivity index (χ2n) is 4.18. The van der Waals surface area contributed by atoms with Crippen molar-refractivity contribution in [1.29, 1.82) is 0 Å². The van der Waals surface area contributed by atoms with E-state index in [4.69, 9.17) is 4.74 Å². The number of halogens is 1. The highest BCUT2D eigenvalue weighted by atomic mass is 79.9. The Bertz CT molecular complexity index is 312.